The highest BCUT2D eigenvalue weighted by atomic mass is 16.1. The number of allylic oxidation sites excluding steroid dienone is 4. The van der Waals surface area contributed by atoms with Gasteiger partial charge in [0.25, 0.3) is 0 Å². The van der Waals surface area contributed by atoms with Gasteiger partial charge in [0.05, 0.1) is 0 Å². The molecule has 1 heterocycles. The van der Waals surface area contributed by atoms with Crippen LogP contribution in [0.3, 0.4) is 0 Å². The van der Waals surface area contributed by atoms with Crippen molar-refractivity contribution in [2.24, 2.45) is 0 Å². The van der Waals surface area contributed by atoms with Crippen LogP contribution < -0.4 is 0 Å². The van der Waals surface area contributed by atoms with Gasteiger partial charge in [0, 0.05) is 24.4 Å². The zero-order chi connectivity index (χ0) is 12.8. The average Bonchev–Trinajstić information content (AvgIpc) is 2.85. The maximum absolute atomic E-state index is 11.1. The second-order valence-electron chi connectivity index (χ2n) is 4.03. The highest BCUT2D eigenvalue weighted by molar-refractivity contribution is 5.82. The number of likely N-dealkylation sites (tertiary alicyclic amines) is 1. The van der Waals surface area contributed by atoms with Crippen LogP contribution in [0.5, 0.6) is 0 Å². The van der Waals surface area contributed by atoms with Crippen LogP contribution in [0.1, 0.15) is 26.7 Å². The summed E-state index contributed by atoms with van der Waals surface area (Å²) >= 11 is 0. The number of aldehydes is 1. The van der Waals surface area contributed by atoms with Crippen LogP contribution in [0.4, 0.5) is 0 Å². The molecule has 4 nitrogen and oxygen atoms in total. The Morgan fingerprint density at radius 1 is 1.18 bits per heavy atom. The predicted molar refractivity (Wildman–Crippen MR) is 63.5 cm³/mol. The van der Waals surface area contributed by atoms with E-state index in [1.54, 1.807) is 6.92 Å². The average molecular weight is 229 g/mol. The second-order valence-corrected chi connectivity index (χ2v) is 4.03. The highest BCUT2D eigenvalue weighted by Crippen LogP contribution is 2.22. The van der Waals surface area contributed by atoms with Crippen molar-refractivity contribution in [2.75, 3.05) is 13.1 Å². The second kappa shape index (κ2) is 5.86. The van der Waals surface area contributed by atoms with Gasteiger partial charge in [-0.2, -0.15) is 10.5 Å². The van der Waals surface area contributed by atoms with Crippen molar-refractivity contribution in [3.63, 3.8) is 0 Å². The highest BCUT2D eigenvalue weighted by Gasteiger charge is 2.17. The Bertz CT molecular complexity index is 438. The monoisotopic (exact) mass is 229 g/mol. The lowest BCUT2D eigenvalue weighted by atomic mass is 10.0. The molecule has 1 aliphatic rings. The molecule has 0 atom stereocenters. The Morgan fingerprint density at radius 2 is 1.71 bits per heavy atom. The quantitative estimate of drug-likeness (QED) is 0.321. The lowest BCUT2D eigenvalue weighted by Crippen LogP contribution is -2.19. The van der Waals surface area contributed by atoms with E-state index in [2.05, 4.69) is 4.90 Å². The molecular weight excluding hydrogens is 214 g/mol. The molecule has 0 saturated carbocycles. The van der Waals surface area contributed by atoms with E-state index in [4.69, 9.17) is 10.5 Å². The van der Waals surface area contributed by atoms with Crippen LogP contribution in [0.15, 0.2) is 22.4 Å². The van der Waals surface area contributed by atoms with Crippen molar-refractivity contribution in [1.29, 1.82) is 10.5 Å². The van der Waals surface area contributed by atoms with Gasteiger partial charge < -0.3 is 4.90 Å². The molecule has 0 radical (unpaired) electrons. The topological polar surface area (TPSA) is 67.9 Å². The Balaban J connectivity index is 3.19. The number of nitrogens with zero attached hydrogens (tertiary/aromatic N) is 3. The van der Waals surface area contributed by atoms with Crippen LogP contribution >= 0.6 is 0 Å². The summed E-state index contributed by atoms with van der Waals surface area (Å²) < 4.78 is 0. The first-order valence-corrected chi connectivity index (χ1v) is 5.58. The number of carbonyl (C=O) groups is 1. The first-order valence-electron chi connectivity index (χ1n) is 5.58. The summed E-state index contributed by atoms with van der Waals surface area (Å²) in [5.41, 5.74) is 1.79. The molecule has 88 valence electrons. The van der Waals surface area contributed by atoms with E-state index in [0.29, 0.717) is 11.1 Å². The third-order valence-corrected chi connectivity index (χ3v) is 3.09. The molecule has 17 heavy (non-hydrogen) atoms. The fourth-order valence-electron chi connectivity index (χ4n) is 2.00. The first-order chi connectivity index (χ1) is 8.15. The van der Waals surface area contributed by atoms with E-state index in [1.807, 2.05) is 19.1 Å². The normalized spacial score (nSPS) is 15.6. The van der Waals surface area contributed by atoms with Crippen LogP contribution in [0.25, 0.3) is 0 Å². The van der Waals surface area contributed by atoms with Crippen molar-refractivity contribution in [3.8, 4) is 12.1 Å². The summed E-state index contributed by atoms with van der Waals surface area (Å²) in [5.74, 6) is 0. The lowest BCUT2D eigenvalue weighted by Gasteiger charge is -2.20. The molecule has 0 aliphatic carbocycles. The van der Waals surface area contributed by atoms with Gasteiger partial charge in [0.15, 0.2) is 6.29 Å². The summed E-state index contributed by atoms with van der Waals surface area (Å²) in [6.45, 7) is 5.38. The van der Waals surface area contributed by atoms with E-state index >= 15 is 0 Å². The zero-order valence-corrected chi connectivity index (χ0v) is 10.2. The molecular formula is C13H15N3O. The summed E-state index contributed by atoms with van der Waals surface area (Å²) in [6.07, 6.45) is 2.98. The van der Waals surface area contributed by atoms with Crippen molar-refractivity contribution < 1.29 is 4.79 Å². The van der Waals surface area contributed by atoms with Gasteiger partial charge in [-0.05, 0) is 32.3 Å². The van der Waals surface area contributed by atoms with Gasteiger partial charge >= 0.3 is 0 Å². The molecule has 0 aromatic carbocycles. The minimum absolute atomic E-state index is 0.00523. The van der Waals surface area contributed by atoms with Crippen LogP contribution in [-0.4, -0.2) is 24.3 Å². The minimum Gasteiger partial charge on any atom is -0.374 e. The lowest BCUT2D eigenvalue weighted by molar-refractivity contribution is -0.104. The third kappa shape index (κ3) is 2.73. The molecule has 0 amide bonds. The van der Waals surface area contributed by atoms with Crippen LogP contribution in [-0.2, 0) is 4.79 Å². The Kier molecular flexibility index (Phi) is 4.48. The largest absolute Gasteiger partial charge is 0.374 e. The van der Waals surface area contributed by atoms with Gasteiger partial charge in [-0.3, -0.25) is 4.79 Å². The zero-order valence-electron chi connectivity index (χ0n) is 10.2. The molecule has 1 rings (SSSR count). The number of hydrogen-bond acceptors (Lipinski definition) is 4. The Hall–Kier alpha value is -2.07. The van der Waals surface area contributed by atoms with Gasteiger partial charge in [-0.15, -0.1) is 0 Å². The van der Waals surface area contributed by atoms with Crippen molar-refractivity contribution in [3.05, 3.63) is 22.4 Å². The number of rotatable bonds is 3. The van der Waals surface area contributed by atoms with Crippen LogP contribution in [0.2, 0.25) is 0 Å². The molecule has 4 heteroatoms. The minimum atomic E-state index is 0.00523. The molecule has 0 bridgehead atoms. The maximum atomic E-state index is 11.1. The SMILES string of the molecule is CC(=C(C#N)C#N)/C(C=O)=C(\C)N1CCCC1. The fraction of sp³-hybridized carbons (Fsp3) is 0.462. The van der Waals surface area contributed by atoms with Crippen LogP contribution in [0, 0.1) is 22.7 Å². The van der Waals surface area contributed by atoms with Crippen molar-refractivity contribution in [1.82, 2.24) is 4.90 Å². The van der Waals surface area contributed by atoms with E-state index < -0.39 is 0 Å². The van der Waals surface area contributed by atoms with Crippen molar-refractivity contribution >= 4 is 6.29 Å². The molecule has 1 saturated heterocycles. The fourth-order valence-corrected chi connectivity index (χ4v) is 2.00. The molecule has 1 aliphatic heterocycles. The van der Waals surface area contributed by atoms with E-state index in [0.717, 1.165) is 37.9 Å². The number of carbonyl (C=O) groups excluding carboxylic acids is 1. The Morgan fingerprint density at radius 3 is 2.12 bits per heavy atom. The number of nitriles is 2. The van der Waals surface area contributed by atoms with Gasteiger partial charge in [0.1, 0.15) is 17.7 Å². The maximum Gasteiger partial charge on any atom is 0.152 e. The van der Waals surface area contributed by atoms with E-state index in [9.17, 15) is 4.79 Å². The summed E-state index contributed by atoms with van der Waals surface area (Å²) in [4.78, 5) is 13.3. The molecule has 0 aromatic heterocycles. The third-order valence-electron chi connectivity index (χ3n) is 3.09. The molecule has 0 aromatic rings. The van der Waals surface area contributed by atoms with Crippen molar-refractivity contribution in [2.45, 2.75) is 26.7 Å². The predicted octanol–water partition coefficient (Wildman–Crippen LogP) is 1.92. The molecule has 1 fully saturated rings. The molecule has 0 N–H and O–H groups in total. The Labute approximate surface area is 101 Å². The standard InChI is InChI=1S/C13H15N3O/c1-10(12(7-14)8-15)13(9-17)11(2)16-5-3-4-6-16/h9H,3-6H2,1-2H3/b13-11+. The number of hydrogen-bond donors (Lipinski definition) is 0. The van der Waals surface area contributed by atoms with E-state index in [1.165, 1.54) is 0 Å². The molecule has 0 unspecified atom stereocenters. The summed E-state index contributed by atoms with van der Waals surface area (Å²) in [5, 5.41) is 17.6. The summed E-state index contributed by atoms with van der Waals surface area (Å²) in [7, 11) is 0. The van der Waals surface area contributed by atoms with Gasteiger partial charge in [-0.25, -0.2) is 0 Å². The summed E-state index contributed by atoms with van der Waals surface area (Å²) in [6, 6.07) is 3.64. The first kappa shape index (κ1) is 13.0. The van der Waals surface area contributed by atoms with E-state index in [-0.39, 0.29) is 5.57 Å². The van der Waals surface area contributed by atoms with Gasteiger partial charge in [-0.1, -0.05) is 0 Å². The van der Waals surface area contributed by atoms with Gasteiger partial charge in [0.2, 0.25) is 0 Å². The molecule has 0 spiro atoms. The smallest absolute Gasteiger partial charge is 0.152 e.